The highest BCUT2D eigenvalue weighted by molar-refractivity contribution is 9.10. The van der Waals surface area contributed by atoms with Crippen molar-refractivity contribution in [3.05, 3.63) is 29.0 Å². The topological polar surface area (TPSA) is 47.1 Å². The molecule has 21 heavy (non-hydrogen) atoms. The van der Waals surface area contributed by atoms with Crippen LogP contribution < -0.4 is 9.47 Å². The summed E-state index contributed by atoms with van der Waals surface area (Å²) in [7, 11) is 1.67. The molecule has 0 radical (unpaired) electrons. The first-order valence-electron chi connectivity index (χ1n) is 7.00. The van der Waals surface area contributed by atoms with Crippen molar-refractivity contribution in [2.45, 2.75) is 19.8 Å². The fourth-order valence-corrected chi connectivity index (χ4v) is 2.96. The number of methoxy groups -OCH3 is 1. The molecule has 1 N–H and O–H groups in total. The molecule has 110 valence electrons. The van der Waals surface area contributed by atoms with Crippen LogP contribution in [0.1, 0.15) is 19.8 Å². The number of pyridine rings is 1. The summed E-state index contributed by atoms with van der Waals surface area (Å²) < 4.78 is 12.3. The highest BCUT2D eigenvalue weighted by atomic mass is 79.9. The Morgan fingerprint density at radius 1 is 1.19 bits per heavy atom. The van der Waals surface area contributed by atoms with Crippen LogP contribution in [0.4, 0.5) is 0 Å². The van der Waals surface area contributed by atoms with Crippen LogP contribution in [-0.4, -0.2) is 23.7 Å². The van der Waals surface area contributed by atoms with E-state index in [0.29, 0.717) is 6.61 Å². The van der Waals surface area contributed by atoms with Crippen LogP contribution in [0, 0.1) is 0 Å². The first-order valence-corrected chi connectivity index (χ1v) is 7.79. The maximum absolute atomic E-state index is 5.83. The van der Waals surface area contributed by atoms with E-state index in [1.807, 2.05) is 18.3 Å². The van der Waals surface area contributed by atoms with Crippen molar-refractivity contribution < 1.29 is 9.47 Å². The molecule has 3 aromatic rings. The molecule has 0 aliphatic carbocycles. The number of nitrogens with one attached hydrogen (secondary N) is 1. The molecule has 0 unspecified atom stereocenters. The number of fused-ring (bicyclic) bond motifs is 3. The lowest BCUT2D eigenvalue weighted by atomic mass is 10.1. The van der Waals surface area contributed by atoms with Crippen molar-refractivity contribution in [1.82, 2.24) is 9.97 Å². The molecule has 2 heterocycles. The summed E-state index contributed by atoms with van der Waals surface area (Å²) in [5, 5.41) is 2.21. The number of halogens is 1. The van der Waals surface area contributed by atoms with E-state index in [-0.39, 0.29) is 0 Å². The van der Waals surface area contributed by atoms with E-state index in [0.717, 1.165) is 50.6 Å². The van der Waals surface area contributed by atoms with Gasteiger partial charge in [-0.2, -0.15) is 0 Å². The summed E-state index contributed by atoms with van der Waals surface area (Å²) in [6.45, 7) is 2.84. The number of hydrogen-bond acceptors (Lipinski definition) is 3. The summed E-state index contributed by atoms with van der Waals surface area (Å²) >= 11 is 3.56. The summed E-state index contributed by atoms with van der Waals surface area (Å²) in [5.41, 5.74) is 2.01. The number of hydrogen-bond donors (Lipinski definition) is 1. The Labute approximate surface area is 131 Å². The van der Waals surface area contributed by atoms with E-state index in [1.54, 1.807) is 13.3 Å². The summed E-state index contributed by atoms with van der Waals surface area (Å²) in [4.78, 5) is 7.57. The summed E-state index contributed by atoms with van der Waals surface area (Å²) in [6.07, 6.45) is 5.76. The highest BCUT2D eigenvalue weighted by Crippen LogP contribution is 2.38. The van der Waals surface area contributed by atoms with Crippen LogP contribution in [0.5, 0.6) is 11.5 Å². The minimum Gasteiger partial charge on any atom is -0.493 e. The van der Waals surface area contributed by atoms with Crippen molar-refractivity contribution in [3.63, 3.8) is 0 Å². The molecule has 0 saturated heterocycles. The van der Waals surface area contributed by atoms with Crippen molar-refractivity contribution in [1.29, 1.82) is 0 Å². The van der Waals surface area contributed by atoms with Crippen LogP contribution in [0.2, 0.25) is 0 Å². The number of rotatable bonds is 5. The Balaban J connectivity index is 2.14. The van der Waals surface area contributed by atoms with Crippen molar-refractivity contribution in [3.8, 4) is 11.5 Å². The fraction of sp³-hybridized carbons (Fsp3) is 0.312. The van der Waals surface area contributed by atoms with E-state index in [1.165, 1.54) is 0 Å². The molecule has 1 aromatic carbocycles. The zero-order valence-corrected chi connectivity index (χ0v) is 13.7. The first-order chi connectivity index (χ1) is 10.2. The Morgan fingerprint density at radius 3 is 2.81 bits per heavy atom. The number of H-pyrrole nitrogens is 1. The zero-order chi connectivity index (χ0) is 14.8. The maximum atomic E-state index is 5.83. The second kappa shape index (κ2) is 5.93. The molecule has 3 rings (SSSR count). The lowest BCUT2D eigenvalue weighted by molar-refractivity contribution is 0.289. The molecule has 0 bridgehead atoms. The second-order valence-corrected chi connectivity index (χ2v) is 5.77. The maximum Gasteiger partial charge on any atom is 0.163 e. The van der Waals surface area contributed by atoms with Crippen molar-refractivity contribution in [2.24, 2.45) is 0 Å². The van der Waals surface area contributed by atoms with Gasteiger partial charge in [-0.1, -0.05) is 13.3 Å². The number of aromatic nitrogens is 2. The average Bonchev–Trinajstić information content (AvgIpc) is 2.85. The van der Waals surface area contributed by atoms with Gasteiger partial charge in [-0.05, 0) is 28.4 Å². The predicted molar refractivity (Wildman–Crippen MR) is 88.3 cm³/mol. The quantitative estimate of drug-likeness (QED) is 0.681. The third kappa shape index (κ3) is 2.58. The van der Waals surface area contributed by atoms with Gasteiger partial charge in [0.2, 0.25) is 0 Å². The summed E-state index contributed by atoms with van der Waals surface area (Å²) in [5.74, 6) is 1.53. The van der Waals surface area contributed by atoms with E-state index >= 15 is 0 Å². The second-order valence-electron chi connectivity index (χ2n) is 4.92. The third-order valence-corrected chi connectivity index (χ3v) is 4.10. The number of nitrogens with zero attached hydrogens (tertiary/aromatic N) is 1. The van der Waals surface area contributed by atoms with Crippen LogP contribution in [0.15, 0.2) is 29.0 Å². The number of unbranched alkanes of at least 4 members (excludes halogenated alkanes) is 1. The standard InChI is InChI=1S/C16H17BrN2O2/c1-3-4-5-21-15-7-12-10(6-14(15)20-2)16-11(17)8-18-9-13(16)19-12/h6-9,19H,3-5H2,1-2H3. The first kappa shape index (κ1) is 14.2. The fourth-order valence-electron chi connectivity index (χ4n) is 2.42. The van der Waals surface area contributed by atoms with E-state index < -0.39 is 0 Å². The third-order valence-electron chi connectivity index (χ3n) is 3.50. The van der Waals surface area contributed by atoms with E-state index in [4.69, 9.17) is 9.47 Å². The van der Waals surface area contributed by atoms with Crippen LogP contribution in [-0.2, 0) is 0 Å². The van der Waals surface area contributed by atoms with Crippen molar-refractivity contribution in [2.75, 3.05) is 13.7 Å². The highest BCUT2D eigenvalue weighted by Gasteiger charge is 2.13. The van der Waals surface area contributed by atoms with Gasteiger partial charge >= 0.3 is 0 Å². The van der Waals surface area contributed by atoms with Crippen LogP contribution >= 0.6 is 15.9 Å². The van der Waals surface area contributed by atoms with Gasteiger partial charge in [-0.3, -0.25) is 4.98 Å². The molecule has 0 aliphatic heterocycles. The molecule has 4 nitrogen and oxygen atoms in total. The lowest BCUT2D eigenvalue weighted by Gasteiger charge is -2.10. The van der Waals surface area contributed by atoms with Crippen molar-refractivity contribution >= 4 is 37.7 Å². The number of benzene rings is 1. The minimum absolute atomic E-state index is 0.698. The van der Waals surface area contributed by atoms with Gasteiger partial charge in [0.25, 0.3) is 0 Å². The molecular formula is C16H17BrN2O2. The van der Waals surface area contributed by atoms with E-state index in [2.05, 4.69) is 32.8 Å². The van der Waals surface area contributed by atoms with Gasteiger partial charge in [-0.25, -0.2) is 0 Å². The molecule has 5 heteroatoms. The Hall–Kier alpha value is -1.75. The van der Waals surface area contributed by atoms with Gasteiger partial charge in [0, 0.05) is 27.5 Å². The average molecular weight is 349 g/mol. The molecule has 0 spiro atoms. The largest absolute Gasteiger partial charge is 0.493 e. The zero-order valence-electron chi connectivity index (χ0n) is 12.1. The van der Waals surface area contributed by atoms with Gasteiger partial charge in [0.1, 0.15) is 0 Å². The van der Waals surface area contributed by atoms with Gasteiger partial charge in [0.15, 0.2) is 11.5 Å². The molecule has 0 aliphatic rings. The number of ether oxygens (including phenoxy) is 2. The van der Waals surface area contributed by atoms with Gasteiger partial charge in [-0.15, -0.1) is 0 Å². The molecule has 0 amide bonds. The monoisotopic (exact) mass is 348 g/mol. The summed E-state index contributed by atoms with van der Waals surface area (Å²) in [6, 6.07) is 4.01. The van der Waals surface area contributed by atoms with Gasteiger partial charge in [0.05, 0.1) is 30.9 Å². The molecule has 0 fully saturated rings. The van der Waals surface area contributed by atoms with Crippen LogP contribution in [0.25, 0.3) is 21.8 Å². The molecule has 0 atom stereocenters. The lowest BCUT2D eigenvalue weighted by Crippen LogP contribution is -1.98. The van der Waals surface area contributed by atoms with Gasteiger partial charge < -0.3 is 14.5 Å². The Kier molecular flexibility index (Phi) is 4.01. The predicted octanol–water partition coefficient (Wildman–Crippen LogP) is 4.67. The van der Waals surface area contributed by atoms with Crippen LogP contribution in [0.3, 0.4) is 0 Å². The molecule has 2 aromatic heterocycles. The van der Waals surface area contributed by atoms with E-state index in [9.17, 15) is 0 Å². The Bertz CT molecular complexity index is 783. The minimum atomic E-state index is 0.698. The number of aromatic amines is 1. The molecule has 0 saturated carbocycles. The Morgan fingerprint density at radius 2 is 2.05 bits per heavy atom. The normalized spacial score (nSPS) is 11.2. The molecular weight excluding hydrogens is 332 g/mol. The smallest absolute Gasteiger partial charge is 0.163 e. The SMILES string of the molecule is CCCCOc1cc2[nH]c3cncc(Br)c3c2cc1OC.